The number of H-pyrrole nitrogens is 1. The van der Waals surface area contributed by atoms with E-state index in [1.807, 2.05) is 10.2 Å². The molecule has 3 rings (SSSR count). The van der Waals surface area contributed by atoms with Crippen molar-refractivity contribution in [2.45, 2.75) is 25.7 Å². The van der Waals surface area contributed by atoms with Gasteiger partial charge in [-0.15, -0.1) is 0 Å². The number of unbranched alkanes of at least 4 members (excludes halogenated alkanes) is 2. The molecule has 0 spiro atoms. The standard InChI is InChI=1S/C21H27F3N8O2/c22-13-10-15(24)16(11-14(13)23)28-21(34)30-20-27-12-17(19(33)29-20)32-8-6-31(7-9-32)5-3-1-2-4-18(25)26/h10-12H,1-9H2,(H3,25,26)(H3,27,28,29,30,33,34). The Morgan fingerprint density at radius 2 is 1.76 bits per heavy atom. The Hall–Kier alpha value is -3.61. The van der Waals surface area contributed by atoms with Crippen LogP contribution in [0.25, 0.3) is 0 Å². The van der Waals surface area contributed by atoms with E-state index in [4.69, 9.17) is 11.1 Å². The van der Waals surface area contributed by atoms with Crippen molar-refractivity contribution in [1.82, 2.24) is 14.9 Å². The van der Waals surface area contributed by atoms with Gasteiger partial charge in [0.05, 0.1) is 17.7 Å². The molecule has 1 aromatic carbocycles. The first kappa shape index (κ1) is 25.0. The molecular formula is C21H27F3N8O2. The van der Waals surface area contributed by atoms with Crippen LogP contribution in [0, 0.1) is 22.9 Å². The minimum atomic E-state index is -1.38. The van der Waals surface area contributed by atoms with Gasteiger partial charge < -0.3 is 16.0 Å². The first-order chi connectivity index (χ1) is 16.2. The van der Waals surface area contributed by atoms with Crippen LogP contribution < -0.4 is 26.8 Å². The third-order valence-electron chi connectivity index (χ3n) is 5.40. The molecule has 0 aliphatic carbocycles. The quantitative estimate of drug-likeness (QED) is 0.161. The average molecular weight is 480 g/mol. The number of aromatic nitrogens is 2. The number of amidine groups is 1. The fourth-order valence-corrected chi connectivity index (χ4v) is 3.60. The van der Waals surface area contributed by atoms with Gasteiger partial charge in [0.1, 0.15) is 11.5 Å². The van der Waals surface area contributed by atoms with Crippen molar-refractivity contribution in [2.75, 3.05) is 48.3 Å². The molecule has 0 radical (unpaired) electrons. The zero-order valence-electron chi connectivity index (χ0n) is 18.5. The Balaban J connectivity index is 1.49. The summed E-state index contributed by atoms with van der Waals surface area (Å²) in [7, 11) is 0. The maximum absolute atomic E-state index is 13.7. The van der Waals surface area contributed by atoms with Crippen LogP contribution in [0.4, 0.5) is 35.3 Å². The van der Waals surface area contributed by atoms with E-state index in [0.717, 1.165) is 38.9 Å². The molecule has 184 valence electrons. The van der Waals surface area contributed by atoms with Crippen molar-refractivity contribution in [3.05, 3.63) is 46.1 Å². The molecule has 10 nitrogen and oxygen atoms in total. The highest BCUT2D eigenvalue weighted by Crippen LogP contribution is 2.18. The maximum atomic E-state index is 13.7. The molecule has 0 bridgehead atoms. The van der Waals surface area contributed by atoms with Gasteiger partial charge in [0.2, 0.25) is 5.95 Å². The van der Waals surface area contributed by atoms with E-state index in [0.29, 0.717) is 37.3 Å². The first-order valence-electron chi connectivity index (χ1n) is 10.8. The summed E-state index contributed by atoms with van der Waals surface area (Å²) in [5, 5.41) is 11.5. The smallest absolute Gasteiger partial charge is 0.326 e. The summed E-state index contributed by atoms with van der Waals surface area (Å²) in [6.07, 6.45) is 4.90. The summed E-state index contributed by atoms with van der Waals surface area (Å²) in [5.41, 5.74) is 4.69. The van der Waals surface area contributed by atoms with E-state index in [2.05, 4.69) is 20.2 Å². The lowest BCUT2D eigenvalue weighted by Gasteiger charge is -2.35. The van der Waals surface area contributed by atoms with Crippen LogP contribution in [0.2, 0.25) is 0 Å². The van der Waals surface area contributed by atoms with E-state index in [9.17, 15) is 22.8 Å². The molecule has 2 aromatic rings. The first-order valence-corrected chi connectivity index (χ1v) is 10.8. The summed E-state index contributed by atoms with van der Waals surface area (Å²) in [4.78, 5) is 35.2. The van der Waals surface area contributed by atoms with E-state index in [1.165, 1.54) is 6.20 Å². The fraction of sp³-hybridized carbons (Fsp3) is 0.429. The summed E-state index contributed by atoms with van der Waals surface area (Å²) in [6, 6.07) is -0.165. The molecule has 34 heavy (non-hydrogen) atoms. The van der Waals surface area contributed by atoms with Crippen LogP contribution >= 0.6 is 0 Å². The van der Waals surface area contributed by atoms with Gasteiger partial charge in [-0.2, -0.15) is 0 Å². The van der Waals surface area contributed by atoms with E-state index in [-0.39, 0.29) is 11.8 Å². The molecule has 1 saturated heterocycles. The van der Waals surface area contributed by atoms with Gasteiger partial charge in [-0.05, 0) is 19.4 Å². The van der Waals surface area contributed by atoms with E-state index >= 15 is 0 Å². The van der Waals surface area contributed by atoms with Crippen molar-refractivity contribution in [3.63, 3.8) is 0 Å². The molecule has 2 heterocycles. The number of piperazine rings is 1. The van der Waals surface area contributed by atoms with Gasteiger partial charge in [0, 0.05) is 44.7 Å². The third-order valence-corrected chi connectivity index (χ3v) is 5.40. The Morgan fingerprint density at radius 3 is 2.44 bits per heavy atom. The predicted molar refractivity (Wildman–Crippen MR) is 123 cm³/mol. The van der Waals surface area contributed by atoms with Gasteiger partial charge in [0.25, 0.3) is 5.56 Å². The van der Waals surface area contributed by atoms with Crippen LogP contribution in [-0.2, 0) is 0 Å². The molecule has 1 fully saturated rings. The Bertz CT molecular complexity index is 1090. The van der Waals surface area contributed by atoms with Crippen molar-refractivity contribution < 1.29 is 18.0 Å². The predicted octanol–water partition coefficient (Wildman–Crippen LogP) is 2.45. The topological polar surface area (TPSA) is 143 Å². The number of carbonyl (C=O) groups is 1. The molecule has 1 aromatic heterocycles. The van der Waals surface area contributed by atoms with Gasteiger partial charge in [-0.1, -0.05) is 6.42 Å². The van der Waals surface area contributed by atoms with Crippen molar-refractivity contribution >= 4 is 29.2 Å². The highest BCUT2D eigenvalue weighted by Gasteiger charge is 2.20. The number of hydrogen-bond donors (Lipinski definition) is 5. The van der Waals surface area contributed by atoms with Crippen LogP contribution in [0.15, 0.2) is 23.1 Å². The van der Waals surface area contributed by atoms with Gasteiger partial charge in [0.15, 0.2) is 11.6 Å². The van der Waals surface area contributed by atoms with Crippen LogP contribution in [0.1, 0.15) is 25.7 Å². The fourth-order valence-electron chi connectivity index (χ4n) is 3.60. The largest absolute Gasteiger partial charge is 0.388 e. The lowest BCUT2D eigenvalue weighted by molar-refractivity contribution is 0.252. The second-order valence-electron chi connectivity index (χ2n) is 7.94. The highest BCUT2D eigenvalue weighted by molar-refractivity contribution is 5.98. The Labute approximate surface area is 193 Å². The molecule has 1 aliphatic heterocycles. The third kappa shape index (κ3) is 6.94. The molecule has 6 N–H and O–H groups in total. The number of anilines is 3. The summed E-state index contributed by atoms with van der Waals surface area (Å²) < 4.78 is 39.9. The molecular weight excluding hydrogens is 453 g/mol. The lowest BCUT2D eigenvalue weighted by Crippen LogP contribution is -2.48. The van der Waals surface area contributed by atoms with Gasteiger partial charge in [-0.25, -0.2) is 22.9 Å². The normalized spacial score (nSPS) is 14.1. The molecule has 1 aliphatic rings. The molecule has 0 saturated carbocycles. The Morgan fingerprint density at radius 1 is 1.06 bits per heavy atom. The Kier molecular flexibility index (Phi) is 8.46. The van der Waals surface area contributed by atoms with Crippen molar-refractivity contribution in [1.29, 1.82) is 5.41 Å². The number of aromatic amines is 1. The van der Waals surface area contributed by atoms with E-state index < -0.39 is 34.7 Å². The summed E-state index contributed by atoms with van der Waals surface area (Å²) in [5.74, 6) is -3.82. The number of rotatable bonds is 9. The number of carbonyl (C=O) groups excluding carboxylic acids is 1. The second-order valence-corrected chi connectivity index (χ2v) is 7.94. The molecule has 13 heteroatoms. The van der Waals surface area contributed by atoms with Gasteiger partial charge >= 0.3 is 6.03 Å². The van der Waals surface area contributed by atoms with E-state index in [1.54, 1.807) is 0 Å². The second kappa shape index (κ2) is 11.5. The van der Waals surface area contributed by atoms with Crippen molar-refractivity contribution in [3.8, 4) is 0 Å². The number of nitrogens with one attached hydrogen (secondary N) is 4. The number of nitrogens with zero attached hydrogens (tertiary/aromatic N) is 3. The lowest BCUT2D eigenvalue weighted by atomic mass is 10.1. The van der Waals surface area contributed by atoms with Crippen LogP contribution in [0.3, 0.4) is 0 Å². The highest BCUT2D eigenvalue weighted by atomic mass is 19.2. The van der Waals surface area contributed by atoms with Crippen LogP contribution in [0.5, 0.6) is 0 Å². The number of urea groups is 1. The molecule has 2 amide bonds. The number of halogens is 3. The number of amides is 2. The minimum Gasteiger partial charge on any atom is -0.388 e. The molecule has 0 atom stereocenters. The number of nitrogens with two attached hydrogens (primary N) is 1. The summed E-state index contributed by atoms with van der Waals surface area (Å²) >= 11 is 0. The average Bonchev–Trinajstić information content (AvgIpc) is 2.78. The van der Waals surface area contributed by atoms with Crippen molar-refractivity contribution in [2.24, 2.45) is 5.73 Å². The van der Waals surface area contributed by atoms with Crippen LogP contribution in [-0.4, -0.2) is 59.5 Å². The minimum absolute atomic E-state index is 0.182. The SMILES string of the molecule is N=C(N)CCCCCN1CCN(c2cnc(NC(=O)Nc3cc(F)c(F)cc3F)[nH]c2=O)CC1. The maximum Gasteiger partial charge on any atom is 0.326 e. The zero-order chi connectivity index (χ0) is 24.7. The zero-order valence-corrected chi connectivity index (χ0v) is 18.5. The monoisotopic (exact) mass is 480 g/mol. The van der Waals surface area contributed by atoms with Gasteiger partial charge in [-0.3, -0.25) is 25.4 Å². The summed E-state index contributed by atoms with van der Waals surface area (Å²) in [6.45, 7) is 3.79. The molecule has 0 unspecified atom stereocenters. The number of hydrogen-bond acceptors (Lipinski definition) is 6. The number of benzene rings is 1.